The zero-order chi connectivity index (χ0) is 15.4. The van der Waals surface area contributed by atoms with Gasteiger partial charge in [-0.25, -0.2) is 0 Å². The van der Waals surface area contributed by atoms with E-state index in [4.69, 9.17) is 0 Å². The first-order chi connectivity index (χ1) is 10.7. The van der Waals surface area contributed by atoms with E-state index < -0.39 is 5.60 Å². The smallest absolute Gasteiger partial charge is 0.0819 e. The van der Waals surface area contributed by atoms with Gasteiger partial charge in [0.05, 0.1) is 11.7 Å². The quantitative estimate of drug-likeness (QED) is 0.898. The van der Waals surface area contributed by atoms with Crippen molar-refractivity contribution in [2.45, 2.75) is 56.7 Å². The predicted octanol–water partition coefficient (Wildman–Crippen LogP) is 3.13. The standard InChI is InChI=1S/C19H29NO2/c21-18(16-7-3-1-4-8-16)17-9-13-20(14-10-17)15-19(22)11-5-2-6-12-19/h1,3-4,7-8,17-18,21-22H,2,5-6,9-15H2. The van der Waals surface area contributed by atoms with Crippen LogP contribution in [0.3, 0.4) is 0 Å². The molecule has 3 rings (SSSR count). The zero-order valence-corrected chi connectivity index (χ0v) is 13.5. The molecule has 22 heavy (non-hydrogen) atoms. The van der Waals surface area contributed by atoms with E-state index in [2.05, 4.69) is 4.90 Å². The summed E-state index contributed by atoms with van der Waals surface area (Å²) in [5.41, 5.74) is 0.579. The molecule has 2 aliphatic rings. The molecule has 1 unspecified atom stereocenters. The highest BCUT2D eigenvalue weighted by molar-refractivity contribution is 5.18. The van der Waals surface area contributed by atoms with Gasteiger partial charge in [-0.3, -0.25) is 0 Å². The number of β-amino-alcohol motifs (C(OH)–C–C–N with tert-alkyl or cyclic N) is 1. The van der Waals surface area contributed by atoms with E-state index in [9.17, 15) is 10.2 Å². The minimum Gasteiger partial charge on any atom is -0.389 e. The highest BCUT2D eigenvalue weighted by Crippen LogP contribution is 2.33. The highest BCUT2D eigenvalue weighted by atomic mass is 16.3. The fourth-order valence-electron chi connectivity index (χ4n) is 4.13. The molecule has 2 fully saturated rings. The van der Waals surface area contributed by atoms with E-state index in [0.717, 1.165) is 50.9 Å². The lowest BCUT2D eigenvalue weighted by Gasteiger charge is -2.40. The van der Waals surface area contributed by atoms with Crippen LogP contribution in [-0.2, 0) is 0 Å². The van der Waals surface area contributed by atoms with Crippen molar-refractivity contribution in [3.8, 4) is 0 Å². The number of likely N-dealkylation sites (tertiary alicyclic amines) is 1. The summed E-state index contributed by atoms with van der Waals surface area (Å²) in [6.45, 7) is 2.81. The molecule has 0 spiro atoms. The Morgan fingerprint density at radius 2 is 1.68 bits per heavy atom. The Hall–Kier alpha value is -0.900. The molecule has 2 N–H and O–H groups in total. The van der Waals surface area contributed by atoms with Crippen LogP contribution in [0.5, 0.6) is 0 Å². The highest BCUT2D eigenvalue weighted by Gasteiger charge is 2.33. The summed E-state index contributed by atoms with van der Waals surface area (Å²) >= 11 is 0. The minimum absolute atomic E-state index is 0.346. The molecule has 0 aromatic heterocycles. The number of nitrogens with zero attached hydrogens (tertiary/aromatic N) is 1. The van der Waals surface area contributed by atoms with Gasteiger partial charge in [0.25, 0.3) is 0 Å². The maximum Gasteiger partial charge on any atom is 0.0819 e. The first kappa shape index (κ1) is 16.0. The van der Waals surface area contributed by atoms with Crippen molar-refractivity contribution >= 4 is 0 Å². The van der Waals surface area contributed by atoms with E-state index in [1.54, 1.807) is 0 Å². The molecule has 1 saturated heterocycles. The van der Waals surface area contributed by atoms with E-state index in [1.807, 2.05) is 30.3 Å². The van der Waals surface area contributed by atoms with Crippen LogP contribution in [0.1, 0.15) is 56.6 Å². The van der Waals surface area contributed by atoms with Crippen LogP contribution in [-0.4, -0.2) is 40.3 Å². The van der Waals surface area contributed by atoms with E-state index in [-0.39, 0.29) is 6.10 Å². The maximum atomic E-state index is 10.7. The topological polar surface area (TPSA) is 43.7 Å². The van der Waals surface area contributed by atoms with Gasteiger partial charge >= 0.3 is 0 Å². The number of aliphatic hydroxyl groups is 2. The molecular weight excluding hydrogens is 274 g/mol. The molecule has 1 heterocycles. The lowest BCUT2D eigenvalue weighted by molar-refractivity contribution is -0.0385. The molecule has 0 amide bonds. The first-order valence-corrected chi connectivity index (χ1v) is 8.84. The average molecular weight is 303 g/mol. The van der Waals surface area contributed by atoms with Crippen LogP contribution >= 0.6 is 0 Å². The van der Waals surface area contributed by atoms with Crippen molar-refractivity contribution in [1.82, 2.24) is 4.90 Å². The van der Waals surface area contributed by atoms with Crippen LogP contribution in [0.25, 0.3) is 0 Å². The zero-order valence-electron chi connectivity index (χ0n) is 13.5. The molecule has 0 bridgehead atoms. The molecule has 1 aliphatic heterocycles. The van der Waals surface area contributed by atoms with Gasteiger partial charge in [0.1, 0.15) is 0 Å². The van der Waals surface area contributed by atoms with Crippen LogP contribution in [0.15, 0.2) is 30.3 Å². The molecule has 1 aromatic rings. The van der Waals surface area contributed by atoms with Gasteiger partial charge in [0, 0.05) is 6.54 Å². The molecule has 1 aromatic carbocycles. The molecular formula is C19H29NO2. The van der Waals surface area contributed by atoms with Crippen LogP contribution in [0, 0.1) is 5.92 Å². The number of piperidine rings is 1. The van der Waals surface area contributed by atoms with Crippen molar-refractivity contribution in [1.29, 1.82) is 0 Å². The van der Waals surface area contributed by atoms with E-state index >= 15 is 0 Å². The second-order valence-electron chi connectivity index (χ2n) is 7.25. The molecule has 1 saturated carbocycles. The normalized spacial score (nSPS) is 25.0. The van der Waals surface area contributed by atoms with Crippen molar-refractivity contribution < 1.29 is 10.2 Å². The number of hydrogen-bond donors (Lipinski definition) is 2. The third-order valence-corrected chi connectivity index (χ3v) is 5.52. The van der Waals surface area contributed by atoms with Gasteiger partial charge in [-0.2, -0.15) is 0 Å². The SMILES string of the molecule is OC(c1ccccc1)C1CCN(CC2(O)CCCCC2)CC1. The van der Waals surface area contributed by atoms with Gasteiger partial charge in [-0.1, -0.05) is 49.6 Å². The largest absolute Gasteiger partial charge is 0.389 e. The molecule has 0 radical (unpaired) electrons. The summed E-state index contributed by atoms with van der Waals surface area (Å²) in [7, 11) is 0. The fourth-order valence-corrected chi connectivity index (χ4v) is 4.13. The molecule has 3 heteroatoms. The van der Waals surface area contributed by atoms with Gasteiger partial charge in [-0.05, 0) is 50.3 Å². The van der Waals surface area contributed by atoms with Crippen molar-refractivity contribution in [3.05, 3.63) is 35.9 Å². The summed E-state index contributed by atoms with van der Waals surface area (Å²) in [5.74, 6) is 0.347. The molecule has 3 nitrogen and oxygen atoms in total. The van der Waals surface area contributed by atoms with Gasteiger partial charge in [0.2, 0.25) is 0 Å². The molecule has 1 atom stereocenters. The summed E-state index contributed by atoms with van der Waals surface area (Å²) in [4.78, 5) is 2.40. The van der Waals surface area contributed by atoms with Crippen LogP contribution in [0.4, 0.5) is 0 Å². The van der Waals surface area contributed by atoms with Crippen molar-refractivity contribution in [3.63, 3.8) is 0 Å². The Labute approximate surface area is 134 Å². The Morgan fingerprint density at radius 3 is 2.32 bits per heavy atom. The summed E-state index contributed by atoms with van der Waals surface area (Å²) < 4.78 is 0. The predicted molar refractivity (Wildman–Crippen MR) is 88.6 cm³/mol. The fraction of sp³-hybridized carbons (Fsp3) is 0.684. The second-order valence-corrected chi connectivity index (χ2v) is 7.25. The lowest BCUT2D eigenvalue weighted by atomic mass is 9.83. The van der Waals surface area contributed by atoms with Crippen molar-refractivity contribution in [2.75, 3.05) is 19.6 Å². The minimum atomic E-state index is -0.455. The monoisotopic (exact) mass is 303 g/mol. The van der Waals surface area contributed by atoms with Crippen LogP contribution < -0.4 is 0 Å². The van der Waals surface area contributed by atoms with Gasteiger partial charge < -0.3 is 15.1 Å². The lowest BCUT2D eigenvalue weighted by Crippen LogP contribution is -2.47. The van der Waals surface area contributed by atoms with Gasteiger partial charge in [-0.15, -0.1) is 0 Å². The van der Waals surface area contributed by atoms with Crippen molar-refractivity contribution in [2.24, 2.45) is 5.92 Å². The summed E-state index contributed by atoms with van der Waals surface area (Å²) in [6, 6.07) is 10.0. The Bertz CT molecular complexity index is 448. The second kappa shape index (κ2) is 7.12. The first-order valence-electron chi connectivity index (χ1n) is 8.84. The summed E-state index contributed by atoms with van der Waals surface area (Å²) in [6.07, 6.45) is 7.21. The number of rotatable bonds is 4. The van der Waals surface area contributed by atoms with Crippen LogP contribution in [0.2, 0.25) is 0 Å². The van der Waals surface area contributed by atoms with Gasteiger partial charge in [0.15, 0.2) is 0 Å². The molecule has 122 valence electrons. The van der Waals surface area contributed by atoms with E-state index in [1.165, 1.54) is 19.3 Å². The molecule has 1 aliphatic carbocycles. The third-order valence-electron chi connectivity index (χ3n) is 5.52. The maximum absolute atomic E-state index is 10.7. The number of benzene rings is 1. The Morgan fingerprint density at radius 1 is 1.05 bits per heavy atom. The summed E-state index contributed by atoms with van der Waals surface area (Å²) in [5, 5.41) is 21.2. The average Bonchev–Trinajstić information content (AvgIpc) is 2.56. The Balaban J connectivity index is 1.50. The third kappa shape index (κ3) is 3.89. The Kier molecular flexibility index (Phi) is 5.17. The number of hydrogen-bond acceptors (Lipinski definition) is 3. The van der Waals surface area contributed by atoms with E-state index in [0.29, 0.717) is 5.92 Å². The number of aliphatic hydroxyl groups excluding tert-OH is 1.